The molecule has 2 aromatic rings. The van der Waals surface area contributed by atoms with E-state index in [0.717, 1.165) is 18.3 Å². The Bertz CT molecular complexity index is 688. The first-order valence-electron chi connectivity index (χ1n) is 5.38. The quantitative estimate of drug-likeness (QED) is 0.882. The van der Waals surface area contributed by atoms with E-state index in [-0.39, 0.29) is 5.56 Å². The largest absolute Gasteiger partial charge is 0.477 e. The number of carbonyl (C=O) groups is 1. The molecule has 2 rings (SSSR count). The number of halogens is 4. The molecule has 1 aromatic carbocycles. The highest BCUT2D eigenvalue weighted by Crippen LogP contribution is 2.34. The molecule has 1 aromatic heterocycles. The summed E-state index contributed by atoms with van der Waals surface area (Å²) in [5.74, 6) is -3.76. The van der Waals surface area contributed by atoms with Crippen molar-refractivity contribution in [2.24, 2.45) is 0 Å². The predicted octanol–water partition coefficient (Wildman–Crippen LogP) is 3.13. The number of rotatable bonds is 3. The lowest BCUT2D eigenvalue weighted by Gasteiger charge is -2.11. The van der Waals surface area contributed by atoms with E-state index in [9.17, 15) is 22.4 Å². The van der Waals surface area contributed by atoms with E-state index in [1.807, 2.05) is 0 Å². The summed E-state index contributed by atoms with van der Waals surface area (Å²) in [7, 11) is 0. The number of ether oxygens (including phenoxy) is 1. The van der Waals surface area contributed by atoms with Crippen LogP contribution in [0.1, 0.15) is 15.9 Å². The van der Waals surface area contributed by atoms with Gasteiger partial charge in [-0.05, 0) is 24.3 Å². The Morgan fingerprint density at radius 2 is 1.95 bits per heavy atom. The van der Waals surface area contributed by atoms with Crippen LogP contribution in [0, 0.1) is 5.82 Å². The van der Waals surface area contributed by atoms with Gasteiger partial charge in [0.05, 0.1) is 11.8 Å². The summed E-state index contributed by atoms with van der Waals surface area (Å²) in [4.78, 5) is 10.9. The molecule has 110 valence electrons. The summed E-state index contributed by atoms with van der Waals surface area (Å²) in [5.41, 5.74) is -1.91. The number of hydrogen-bond donors (Lipinski definition) is 1. The fourth-order valence-corrected chi connectivity index (χ4v) is 1.45. The van der Waals surface area contributed by atoms with Crippen LogP contribution in [0.2, 0.25) is 0 Å². The smallest absolute Gasteiger partial charge is 0.419 e. The van der Waals surface area contributed by atoms with Crippen LogP contribution in [0.5, 0.6) is 11.6 Å². The molecule has 5 nitrogen and oxygen atoms in total. The van der Waals surface area contributed by atoms with Crippen molar-refractivity contribution in [2.45, 2.75) is 6.18 Å². The maximum Gasteiger partial charge on any atom is 0.419 e. The van der Waals surface area contributed by atoms with E-state index in [0.29, 0.717) is 12.1 Å². The number of carboxylic acid groups (broad SMARTS) is 1. The minimum Gasteiger partial charge on any atom is -0.477 e. The van der Waals surface area contributed by atoms with Gasteiger partial charge in [0.1, 0.15) is 17.1 Å². The van der Waals surface area contributed by atoms with Crippen molar-refractivity contribution >= 4 is 5.97 Å². The second kappa shape index (κ2) is 5.35. The molecule has 21 heavy (non-hydrogen) atoms. The normalized spacial score (nSPS) is 11.2. The van der Waals surface area contributed by atoms with Crippen molar-refractivity contribution in [3.05, 3.63) is 47.4 Å². The molecule has 1 heterocycles. The van der Waals surface area contributed by atoms with Gasteiger partial charge in [-0.15, -0.1) is 5.10 Å². The van der Waals surface area contributed by atoms with Crippen molar-refractivity contribution in [1.29, 1.82) is 0 Å². The summed E-state index contributed by atoms with van der Waals surface area (Å²) in [6.45, 7) is 0. The van der Waals surface area contributed by atoms with Crippen LogP contribution in [0.3, 0.4) is 0 Å². The van der Waals surface area contributed by atoms with E-state index >= 15 is 0 Å². The standard InChI is InChI=1S/C12H6F4N2O3/c13-9-2-1-6(5-8(9)12(14,15)16)21-10-7(11(19)20)3-4-17-18-10/h1-5H,(H,19,20). The van der Waals surface area contributed by atoms with Crippen molar-refractivity contribution in [2.75, 3.05) is 0 Å². The zero-order chi connectivity index (χ0) is 15.6. The zero-order valence-electron chi connectivity index (χ0n) is 10.1. The third-order valence-corrected chi connectivity index (χ3v) is 2.37. The molecule has 0 amide bonds. The lowest BCUT2D eigenvalue weighted by atomic mass is 10.2. The van der Waals surface area contributed by atoms with Crippen LogP contribution >= 0.6 is 0 Å². The molecule has 0 unspecified atom stereocenters. The van der Waals surface area contributed by atoms with Gasteiger partial charge < -0.3 is 9.84 Å². The van der Waals surface area contributed by atoms with Gasteiger partial charge in [-0.3, -0.25) is 0 Å². The summed E-state index contributed by atoms with van der Waals surface area (Å²) in [6.07, 6.45) is -3.82. The molecule has 0 saturated heterocycles. The van der Waals surface area contributed by atoms with Gasteiger partial charge in [-0.1, -0.05) is 0 Å². The highest BCUT2D eigenvalue weighted by molar-refractivity contribution is 5.90. The minimum atomic E-state index is -4.90. The number of aromatic nitrogens is 2. The van der Waals surface area contributed by atoms with Crippen molar-refractivity contribution in [3.63, 3.8) is 0 Å². The first-order chi connectivity index (χ1) is 9.79. The van der Waals surface area contributed by atoms with Crippen LogP contribution in [-0.2, 0) is 6.18 Å². The summed E-state index contributed by atoms with van der Waals surface area (Å²) in [6, 6.07) is 2.97. The van der Waals surface area contributed by atoms with Crippen molar-refractivity contribution in [1.82, 2.24) is 10.2 Å². The Hall–Kier alpha value is -2.71. The molecular weight excluding hydrogens is 296 g/mol. The van der Waals surface area contributed by atoms with Gasteiger partial charge in [0, 0.05) is 0 Å². The second-order valence-electron chi connectivity index (χ2n) is 3.80. The van der Waals surface area contributed by atoms with Gasteiger partial charge in [0.25, 0.3) is 5.88 Å². The average Bonchev–Trinajstić information content (AvgIpc) is 2.40. The fraction of sp³-hybridized carbons (Fsp3) is 0.0833. The highest BCUT2D eigenvalue weighted by atomic mass is 19.4. The van der Waals surface area contributed by atoms with Crippen LogP contribution in [0.25, 0.3) is 0 Å². The highest BCUT2D eigenvalue weighted by Gasteiger charge is 2.34. The maximum absolute atomic E-state index is 13.1. The lowest BCUT2D eigenvalue weighted by Crippen LogP contribution is -2.08. The van der Waals surface area contributed by atoms with Crippen molar-refractivity contribution < 1.29 is 32.2 Å². The number of carboxylic acids is 1. The summed E-state index contributed by atoms with van der Waals surface area (Å²) < 4.78 is 55.7. The first-order valence-corrected chi connectivity index (χ1v) is 5.38. The number of nitrogens with zero attached hydrogens (tertiary/aromatic N) is 2. The molecule has 0 radical (unpaired) electrons. The fourth-order valence-electron chi connectivity index (χ4n) is 1.45. The maximum atomic E-state index is 13.1. The van der Waals surface area contributed by atoms with Gasteiger partial charge >= 0.3 is 12.1 Å². The molecule has 9 heteroatoms. The average molecular weight is 302 g/mol. The number of hydrogen-bond acceptors (Lipinski definition) is 4. The molecule has 0 spiro atoms. The first kappa shape index (κ1) is 14.7. The van der Waals surface area contributed by atoms with Crippen LogP contribution in [0.15, 0.2) is 30.5 Å². The second-order valence-corrected chi connectivity index (χ2v) is 3.80. The Morgan fingerprint density at radius 1 is 1.24 bits per heavy atom. The zero-order valence-corrected chi connectivity index (χ0v) is 10.1. The minimum absolute atomic E-state index is 0.386. The molecule has 0 aliphatic carbocycles. The number of aromatic carboxylic acids is 1. The van der Waals surface area contributed by atoms with Crippen LogP contribution in [0.4, 0.5) is 17.6 Å². The lowest BCUT2D eigenvalue weighted by molar-refractivity contribution is -0.140. The molecule has 0 aliphatic rings. The van der Waals surface area contributed by atoms with E-state index in [1.165, 1.54) is 0 Å². The molecule has 0 saturated carbocycles. The van der Waals surface area contributed by atoms with Crippen LogP contribution in [-0.4, -0.2) is 21.3 Å². The number of benzene rings is 1. The van der Waals surface area contributed by atoms with E-state index in [1.54, 1.807) is 0 Å². The number of alkyl halides is 3. The Kier molecular flexibility index (Phi) is 3.74. The van der Waals surface area contributed by atoms with Gasteiger partial charge in [-0.25, -0.2) is 9.18 Å². The third-order valence-electron chi connectivity index (χ3n) is 2.37. The SMILES string of the molecule is O=C(O)c1ccnnc1Oc1ccc(F)c(C(F)(F)F)c1. The predicted molar refractivity (Wildman–Crippen MR) is 60.5 cm³/mol. The summed E-state index contributed by atoms with van der Waals surface area (Å²) in [5, 5.41) is 15.6. The monoisotopic (exact) mass is 302 g/mol. The Balaban J connectivity index is 2.40. The van der Waals surface area contributed by atoms with Gasteiger partial charge in [-0.2, -0.15) is 18.3 Å². The Morgan fingerprint density at radius 3 is 2.57 bits per heavy atom. The van der Waals surface area contributed by atoms with Crippen LogP contribution < -0.4 is 4.74 Å². The van der Waals surface area contributed by atoms with E-state index < -0.39 is 35.2 Å². The van der Waals surface area contributed by atoms with Gasteiger partial charge in [0.2, 0.25) is 0 Å². The Labute approximate surface area is 114 Å². The third kappa shape index (κ3) is 3.25. The topological polar surface area (TPSA) is 72.3 Å². The molecule has 0 fully saturated rings. The summed E-state index contributed by atoms with van der Waals surface area (Å²) >= 11 is 0. The molecule has 0 bridgehead atoms. The van der Waals surface area contributed by atoms with E-state index in [4.69, 9.17) is 9.84 Å². The molecule has 0 atom stereocenters. The van der Waals surface area contributed by atoms with E-state index in [2.05, 4.69) is 10.2 Å². The molecular formula is C12H6F4N2O3. The van der Waals surface area contributed by atoms with Crippen molar-refractivity contribution in [3.8, 4) is 11.6 Å². The molecule has 0 aliphatic heterocycles. The van der Waals surface area contributed by atoms with Gasteiger partial charge in [0.15, 0.2) is 0 Å². The molecule has 1 N–H and O–H groups in total.